The summed E-state index contributed by atoms with van der Waals surface area (Å²) in [5.74, 6) is -0.974. The highest BCUT2D eigenvalue weighted by Gasteiger charge is 2.35. The van der Waals surface area contributed by atoms with E-state index in [2.05, 4.69) is 16.8 Å². The van der Waals surface area contributed by atoms with E-state index in [1.54, 1.807) is 0 Å². The number of aromatic nitrogens is 2. The molecule has 0 bridgehead atoms. The van der Waals surface area contributed by atoms with Gasteiger partial charge in [-0.15, -0.1) is 10.2 Å². The molecule has 0 amide bonds. The molecule has 0 fully saturated rings. The van der Waals surface area contributed by atoms with Crippen molar-refractivity contribution in [1.82, 2.24) is 15.1 Å². The number of aliphatic hydroxyl groups excluding tert-OH is 1. The van der Waals surface area contributed by atoms with Crippen LogP contribution in [0, 0.1) is 11.7 Å². The Balaban J connectivity index is 1.97. The van der Waals surface area contributed by atoms with E-state index < -0.39 is 23.6 Å². The van der Waals surface area contributed by atoms with Crippen LogP contribution in [0.15, 0.2) is 53.5 Å². The Morgan fingerprint density at radius 2 is 2.03 bits per heavy atom. The molecule has 13 heteroatoms. The normalized spacial score (nSPS) is 16.4. The van der Waals surface area contributed by atoms with Gasteiger partial charge in [0.1, 0.15) is 16.6 Å². The van der Waals surface area contributed by atoms with Crippen molar-refractivity contribution < 1.29 is 27.4 Å². The van der Waals surface area contributed by atoms with E-state index in [4.69, 9.17) is 38.8 Å². The zero-order valence-electron chi connectivity index (χ0n) is 19.8. The number of hydrogen-bond acceptors (Lipinski definition) is 7. The smallest absolute Gasteiger partial charge is 0.417 e. The van der Waals surface area contributed by atoms with Crippen molar-refractivity contribution in [2.24, 2.45) is 11.7 Å². The van der Waals surface area contributed by atoms with Crippen LogP contribution in [0.4, 0.5) is 17.6 Å². The van der Waals surface area contributed by atoms with Crippen molar-refractivity contribution >= 4 is 40.1 Å². The molecule has 3 rings (SSSR count). The highest BCUT2D eigenvalue weighted by atomic mass is 35.5. The summed E-state index contributed by atoms with van der Waals surface area (Å²) in [5.41, 5.74) is 5.67. The molecule has 0 radical (unpaired) electrons. The number of rotatable bonds is 9. The van der Waals surface area contributed by atoms with Gasteiger partial charge in [-0.05, 0) is 24.5 Å². The summed E-state index contributed by atoms with van der Waals surface area (Å²) < 4.78 is 60.0. The van der Waals surface area contributed by atoms with Gasteiger partial charge < -0.3 is 20.5 Å². The third-order valence-electron chi connectivity index (χ3n) is 5.51. The van der Waals surface area contributed by atoms with Gasteiger partial charge in [-0.25, -0.2) is 4.39 Å². The van der Waals surface area contributed by atoms with Crippen LogP contribution in [0.2, 0.25) is 5.02 Å². The maximum Gasteiger partial charge on any atom is 0.417 e. The summed E-state index contributed by atoms with van der Waals surface area (Å²) in [6.45, 7) is 7.16. The number of alkyl halides is 3. The van der Waals surface area contributed by atoms with Gasteiger partial charge in [-0.3, -0.25) is 0 Å². The van der Waals surface area contributed by atoms with Crippen LogP contribution in [0.1, 0.15) is 25.3 Å². The van der Waals surface area contributed by atoms with Crippen molar-refractivity contribution in [3.8, 4) is 16.3 Å². The summed E-state index contributed by atoms with van der Waals surface area (Å²) in [6, 6.07) is 1.74. The number of halogens is 6. The second-order valence-electron chi connectivity index (χ2n) is 8.25. The van der Waals surface area contributed by atoms with Gasteiger partial charge >= 0.3 is 6.18 Å². The number of ether oxygens (including phenoxy) is 1. The molecule has 2 atom stereocenters. The van der Waals surface area contributed by atoms with E-state index in [1.165, 1.54) is 17.2 Å². The molecule has 0 aliphatic carbocycles. The largest absolute Gasteiger partial charge is 0.489 e. The fourth-order valence-electron chi connectivity index (χ4n) is 3.14. The number of allylic oxidation sites excluding steroid dienone is 4. The third kappa shape index (κ3) is 6.91. The fourth-order valence-corrected chi connectivity index (χ4v) is 4.65. The highest BCUT2D eigenvalue weighted by Crippen LogP contribution is 2.40. The molecule has 6 nitrogen and oxygen atoms in total. The van der Waals surface area contributed by atoms with Gasteiger partial charge in [-0.2, -0.15) is 13.2 Å². The Hall–Kier alpha value is -2.44. The molecule has 2 unspecified atom stereocenters. The van der Waals surface area contributed by atoms with E-state index in [9.17, 15) is 17.6 Å². The third-order valence-corrected chi connectivity index (χ3v) is 7.15. The van der Waals surface area contributed by atoms with Gasteiger partial charge in [0.2, 0.25) is 0 Å². The fraction of sp³-hybridized carbons (Fsp3) is 0.333. The van der Waals surface area contributed by atoms with Crippen LogP contribution in [0.5, 0.6) is 5.75 Å². The van der Waals surface area contributed by atoms with Crippen molar-refractivity contribution in [1.29, 1.82) is 0 Å². The van der Waals surface area contributed by atoms with E-state index in [0.717, 1.165) is 29.7 Å². The summed E-state index contributed by atoms with van der Waals surface area (Å²) in [6.07, 6.45) is -0.726. The number of nitrogens with zero attached hydrogens (tertiary/aromatic N) is 3. The summed E-state index contributed by atoms with van der Waals surface area (Å²) in [5, 5.41) is 18.0. The first-order valence-corrected chi connectivity index (χ1v) is 12.6. The lowest BCUT2D eigenvalue weighted by molar-refractivity contribution is -0.0892. The Bertz CT molecular complexity index is 1260. The number of hydrogen-bond donors (Lipinski definition) is 2. The molecule has 0 saturated carbocycles. The molecular weight excluding hydrogens is 555 g/mol. The number of benzene rings is 1. The molecule has 3 N–H and O–H groups in total. The minimum Gasteiger partial charge on any atom is -0.489 e. The first-order chi connectivity index (χ1) is 17.3. The van der Waals surface area contributed by atoms with E-state index in [0.29, 0.717) is 22.0 Å². The Labute approximate surface area is 225 Å². The van der Waals surface area contributed by atoms with Crippen LogP contribution in [-0.4, -0.2) is 45.6 Å². The van der Waals surface area contributed by atoms with E-state index in [1.807, 2.05) is 13.8 Å². The summed E-state index contributed by atoms with van der Waals surface area (Å²) in [7, 11) is 0. The number of nitrogens with two attached hydrogens (primary N) is 1. The predicted molar refractivity (Wildman–Crippen MR) is 137 cm³/mol. The molecule has 37 heavy (non-hydrogen) atoms. The maximum atomic E-state index is 14.7. The van der Waals surface area contributed by atoms with Crippen LogP contribution in [0.25, 0.3) is 16.1 Å². The van der Waals surface area contributed by atoms with Gasteiger partial charge in [0.15, 0.2) is 11.6 Å². The first kappa shape index (κ1) is 29.1. The van der Waals surface area contributed by atoms with Gasteiger partial charge in [-0.1, -0.05) is 55.0 Å². The summed E-state index contributed by atoms with van der Waals surface area (Å²) >= 11 is 13.5. The monoisotopic (exact) mass is 578 g/mol. The van der Waals surface area contributed by atoms with Crippen molar-refractivity contribution in [2.45, 2.75) is 32.5 Å². The minimum atomic E-state index is -4.60. The zero-order valence-corrected chi connectivity index (χ0v) is 22.1. The maximum absolute atomic E-state index is 14.7. The number of aliphatic hydroxyl groups is 1. The summed E-state index contributed by atoms with van der Waals surface area (Å²) in [4.78, 5) is 1.21. The van der Waals surface area contributed by atoms with Crippen LogP contribution in [-0.2, 0) is 0 Å². The molecule has 1 aromatic heterocycles. The molecular formula is C24H24Cl2F4N4O2S. The van der Waals surface area contributed by atoms with Crippen LogP contribution >= 0.6 is 34.5 Å². The topological polar surface area (TPSA) is 84.5 Å². The highest BCUT2D eigenvalue weighted by molar-refractivity contribution is 7.15. The van der Waals surface area contributed by atoms with Crippen LogP contribution < -0.4 is 10.5 Å². The lowest BCUT2D eigenvalue weighted by Gasteiger charge is -2.26. The molecule has 0 saturated heterocycles. The van der Waals surface area contributed by atoms with E-state index in [-0.39, 0.29) is 46.2 Å². The lowest BCUT2D eigenvalue weighted by Crippen LogP contribution is -2.31. The van der Waals surface area contributed by atoms with Gasteiger partial charge in [0, 0.05) is 29.6 Å². The standard InChI is InChI=1S/C24H24Cl2F4N4O2S/c1-4-12(2)17(9-34-8-14(24(28,29)30)5-18(25)13(34)3)23-33-32-22(37-23)16-6-20(27)21(7-19(16)26)36-11-15(31)10-35/h5-9,12,15,35H,3-4,10-11,31H2,1-2H3/b17-9+. The molecule has 2 heterocycles. The van der Waals surface area contributed by atoms with Crippen molar-refractivity contribution in [2.75, 3.05) is 13.2 Å². The minimum absolute atomic E-state index is 0.111. The predicted octanol–water partition coefficient (Wildman–Crippen LogP) is 6.48. The zero-order chi connectivity index (χ0) is 27.5. The molecule has 1 aliphatic rings. The average molecular weight is 579 g/mol. The average Bonchev–Trinajstić information content (AvgIpc) is 3.33. The Morgan fingerprint density at radius 3 is 2.65 bits per heavy atom. The quantitative estimate of drug-likeness (QED) is 0.331. The van der Waals surface area contributed by atoms with Gasteiger partial charge in [0.25, 0.3) is 0 Å². The molecule has 0 spiro atoms. The Kier molecular flexibility index (Phi) is 9.41. The first-order valence-electron chi connectivity index (χ1n) is 11.0. The Morgan fingerprint density at radius 1 is 1.32 bits per heavy atom. The van der Waals surface area contributed by atoms with E-state index >= 15 is 0 Å². The molecule has 2 aromatic rings. The molecule has 200 valence electrons. The SMILES string of the molecule is C=C1C(Cl)=CC(C(F)(F)F)=CN1/C=C(/c1nnc(-c2cc(F)c(OCC(N)CO)cc2Cl)s1)C(C)CC. The van der Waals surface area contributed by atoms with Crippen LogP contribution in [0.3, 0.4) is 0 Å². The lowest BCUT2D eigenvalue weighted by atomic mass is 9.99. The second kappa shape index (κ2) is 12.0. The van der Waals surface area contributed by atoms with Crippen molar-refractivity contribution in [3.05, 3.63) is 69.3 Å². The second-order valence-corrected chi connectivity index (χ2v) is 10.0. The van der Waals surface area contributed by atoms with Crippen molar-refractivity contribution in [3.63, 3.8) is 0 Å². The molecule has 1 aromatic carbocycles. The molecule has 1 aliphatic heterocycles. The van der Waals surface area contributed by atoms with Gasteiger partial charge in [0.05, 0.1) is 34.0 Å².